The molecule has 7 nitrogen and oxygen atoms in total. The Morgan fingerprint density at radius 2 is 1.46 bits per heavy atom. The van der Waals surface area contributed by atoms with Crippen LogP contribution in [-0.2, 0) is 38.8 Å². The van der Waals surface area contributed by atoms with Crippen LogP contribution in [0.25, 0.3) is 0 Å². The van der Waals surface area contributed by atoms with Crippen molar-refractivity contribution in [1.82, 2.24) is 10.2 Å². The Bertz CT molecular complexity index is 1810. The van der Waals surface area contributed by atoms with E-state index < -0.39 is 56.9 Å². The molecule has 0 saturated carbocycles. The van der Waals surface area contributed by atoms with E-state index in [4.69, 9.17) is 23.2 Å². The van der Waals surface area contributed by atoms with Crippen LogP contribution in [0.3, 0.4) is 0 Å². The van der Waals surface area contributed by atoms with Crippen molar-refractivity contribution in [2.45, 2.75) is 56.4 Å². The average Bonchev–Trinajstić information content (AvgIpc) is 3.06. The molecule has 0 unspecified atom stereocenters. The van der Waals surface area contributed by atoms with Gasteiger partial charge >= 0.3 is 6.18 Å². The van der Waals surface area contributed by atoms with Gasteiger partial charge in [-0.2, -0.15) is 13.2 Å². The predicted molar refractivity (Wildman–Crippen MR) is 181 cm³/mol. The lowest BCUT2D eigenvalue weighted by molar-refractivity contribution is -0.140. The lowest BCUT2D eigenvalue weighted by Gasteiger charge is -2.34. The number of hydrogen-bond acceptors (Lipinski definition) is 4. The van der Waals surface area contributed by atoms with E-state index in [0.29, 0.717) is 27.4 Å². The van der Waals surface area contributed by atoms with Crippen LogP contribution >= 0.6 is 23.2 Å². The smallest absolute Gasteiger partial charge is 0.352 e. The summed E-state index contributed by atoms with van der Waals surface area (Å²) in [6.45, 7) is 2.65. The third kappa shape index (κ3) is 9.30. The van der Waals surface area contributed by atoms with Crippen LogP contribution in [0.15, 0.2) is 108 Å². The van der Waals surface area contributed by atoms with Gasteiger partial charge in [0.15, 0.2) is 0 Å². The number of nitrogens with one attached hydrogen (secondary N) is 1. The number of sulfonamides is 1. The van der Waals surface area contributed by atoms with Crippen molar-refractivity contribution in [3.63, 3.8) is 0 Å². The molecule has 0 aliphatic heterocycles. The summed E-state index contributed by atoms with van der Waals surface area (Å²) in [6.07, 6.45) is -4.22. The third-order valence-corrected chi connectivity index (χ3v) is 10.1. The maximum atomic E-state index is 14.5. The SMILES string of the molecule is CC[C@@H](C)NC(=O)[C@@H](Cc1ccccc1)N(Cc1ccc(Cl)cc1)C(=O)CN(c1ccc(Cl)c(C(F)(F)F)c1)S(=O)(=O)c1ccccc1. The topological polar surface area (TPSA) is 86.8 Å². The largest absolute Gasteiger partial charge is 0.417 e. The molecule has 0 saturated heterocycles. The summed E-state index contributed by atoms with van der Waals surface area (Å²) in [5.74, 6) is -1.30. The average molecular weight is 721 g/mol. The maximum absolute atomic E-state index is 14.5. The summed E-state index contributed by atoms with van der Waals surface area (Å²) in [4.78, 5) is 29.4. The van der Waals surface area contributed by atoms with Gasteiger partial charge in [-0.15, -0.1) is 0 Å². The summed E-state index contributed by atoms with van der Waals surface area (Å²) in [6, 6.07) is 23.9. The van der Waals surface area contributed by atoms with Crippen LogP contribution in [0, 0.1) is 0 Å². The first-order valence-electron chi connectivity index (χ1n) is 15.0. The van der Waals surface area contributed by atoms with E-state index in [2.05, 4.69) is 5.32 Å². The highest BCUT2D eigenvalue weighted by atomic mass is 35.5. The fourth-order valence-electron chi connectivity index (χ4n) is 4.92. The summed E-state index contributed by atoms with van der Waals surface area (Å²) < 4.78 is 70.5. The van der Waals surface area contributed by atoms with E-state index in [1.165, 1.54) is 29.2 Å². The number of alkyl halides is 3. The monoisotopic (exact) mass is 719 g/mol. The summed E-state index contributed by atoms with van der Waals surface area (Å²) >= 11 is 12.0. The Morgan fingerprint density at radius 1 is 0.854 bits per heavy atom. The molecule has 0 aliphatic rings. The van der Waals surface area contributed by atoms with Crippen LogP contribution < -0.4 is 9.62 Å². The number of amides is 2. The van der Waals surface area contributed by atoms with Gasteiger partial charge < -0.3 is 10.2 Å². The predicted octanol–water partition coefficient (Wildman–Crippen LogP) is 7.76. The molecule has 1 N–H and O–H groups in total. The van der Waals surface area contributed by atoms with Gasteiger partial charge in [-0.05, 0) is 66.9 Å². The molecule has 0 heterocycles. The Labute approximate surface area is 288 Å². The summed E-state index contributed by atoms with van der Waals surface area (Å²) in [5, 5.41) is 2.73. The number of hydrogen-bond donors (Lipinski definition) is 1. The third-order valence-electron chi connectivity index (χ3n) is 7.69. The molecule has 4 aromatic carbocycles. The molecule has 0 fully saturated rings. The summed E-state index contributed by atoms with van der Waals surface area (Å²) in [7, 11) is -4.61. The zero-order valence-corrected chi connectivity index (χ0v) is 28.5. The maximum Gasteiger partial charge on any atom is 0.417 e. The van der Waals surface area contributed by atoms with Crippen LogP contribution in [0.5, 0.6) is 0 Å². The van der Waals surface area contributed by atoms with E-state index in [9.17, 15) is 31.2 Å². The van der Waals surface area contributed by atoms with Crippen LogP contribution in [0.2, 0.25) is 10.0 Å². The normalized spacial score (nSPS) is 13.0. The second-order valence-electron chi connectivity index (χ2n) is 11.2. The first-order valence-corrected chi connectivity index (χ1v) is 17.2. The molecule has 4 aromatic rings. The van der Waals surface area contributed by atoms with Crippen molar-refractivity contribution >= 4 is 50.7 Å². The van der Waals surface area contributed by atoms with Crippen LogP contribution in [-0.4, -0.2) is 43.8 Å². The van der Waals surface area contributed by atoms with Crippen molar-refractivity contribution in [2.24, 2.45) is 0 Å². The standard InChI is InChI=1S/C35H34Cl2F3N3O4S/c1-3-24(2)41-34(45)32(20-25-10-6-4-7-11-25)42(22-26-14-16-27(36)17-15-26)33(44)23-43(48(46,47)29-12-8-5-9-13-29)28-18-19-31(37)30(21-28)35(38,39)40/h4-19,21,24,32H,3,20,22-23H2,1-2H3,(H,41,45)/t24-,32-/m1/s1. The highest BCUT2D eigenvalue weighted by molar-refractivity contribution is 7.92. The fourth-order valence-corrected chi connectivity index (χ4v) is 6.69. The van der Waals surface area contributed by atoms with Crippen LogP contribution in [0.4, 0.5) is 18.9 Å². The first-order chi connectivity index (χ1) is 22.7. The van der Waals surface area contributed by atoms with Gasteiger partial charge in [0.2, 0.25) is 11.8 Å². The molecule has 2 atom stereocenters. The minimum Gasteiger partial charge on any atom is -0.352 e. The Hall–Kier alpha value is -4.06. The summed E-state index contributed by atoms with van der Waals surface area (Å²) in [5.41, 5.74) is -0.378. The molecular weight excluding hydrogens is 686 g/mol. The van der Waals surface area contributed by atoms with E-state index in [-0.39, 0.29) is 23.9 Å². The second-order valence-corrected chi connectivity index (χ2v) is 13.9. The first kappa shape index (κ1) is 36.8. The quantitative estimate of drug-likeness (QED) is 0.153. The minimum absolute atomic E-state index is 0.0764. The number of nitrogens with zero attached hydrogens (tertiary/aromatic N) is 2. The molecule has 0 aliphatic carbocycles. The van der Waals surface area contributed by atoms with Gasteiger partial charge in [0.1, 0.15) is 12.6 Å². The van der Waals surface area contributed by atoms with Crippen LogP contribution in [0.1, 0.15) is 37.0 Å². The highest BCUT2D eigenvalue weighted by Crippen LogP contribution is 2.38. The number of rotatable bonds is 13. The van der Waals surface area contributed by atoms with Crippen molar-refractivity contribution in [3.05, 3.63) is 130 Å². The zero-order chi connectivity index (χ0) is 35.1. The van der Waals surface area contributed by atoms with Crippen molar-refractivity contribution in [3.8, 4) is 0 Å². The lowest BCUT2D eigenvalue weighted by Crippen LogP contribution is -2.54. The van der Waals surface area contributed by atoms with Crippen molar-refractivity contribution < 1.29 is 31.2 Å². The van der Waals surface area contributed by atoms with E-state index >= 15 is 0 Å². The molecular formula is C35H34Cl2F3N3O4S. The van der Waals surface area contributed by atoms with E-state index in [0.717, 1.165) is 17.7 Å². The molecule has 254 valence electrons. The Morgan fingerprint density at radius 3 is 2.04 bits per heavy atom. The molecule has 13 heteroatoms. The van der Waals surface area contributed by atoms with Gasteiger partial charge in [0.25, 0.3) is 10.0 Å². The van der Waals surface area contributed by atoms with Gasteiger partial charge in [-0.3, -0.25) is 13.9 Å². The molecule has 0 aromatic heterocycles. The zero-order valence-electron chi connectivity index (χ0n) is 26.1. The number of carbonyl (C=O) groups excluding carboxylic acids is 2. The van der Waals surface area contributed by atoms with Gasteiger partial charge in [0, 0.05) is 24.0 Å². The number of carbonyl (C=O) groups is 2. The number of anilines is 1. The van der Waals surface area contributed by atoms with Gasteiger partial charge in [0.05, 0.1) is 21.2 Å². The van der Waals surface area contributed by atoms with Gasteiger partial charge in [-0.1, -0.05) is 90.8 Å². The number of halogens is 5. The second kappa shape index (κ2) is 15.9. The number of benzene rings is 4. The Kier molecular flexibility index (Phi) is 12.2. The minimum atomic E-state index is -4.91. The van der Waals surface area contributed by atoms with Gasteiger partial charge in [-0.25, -0.2) is 8.42 Å². The molecule has 2 amide bonds. The lowest BCUT2D eigenvalue weighted by atomic mass is 10.0. The van der Waals surface area contributed by atoms with Crippen molar-refractivity contribution in [1.29, 1.82) is 0 Å². The molecule has 48 heavy (non-hydrogen) atoms. The van der Waals surface area contributed by atoms with Crippen molar-refractivity contribution in [2.75, 3.05) is 10.8 Å². The molecule has 4 rings (SSSR count). The molecule has 0 radical (unpaired) electrons. The van der Waals surface area contributed by atoms with E-state index in [1.807, 2.05) is 19.9 Å². The molecule has 0 bridgehead atoms. The Balaban J connectivity index is 1.86. The molecule has 0 spiro atoms. The fraction of sp³-hybridized carbons (Fsp3) is 0.257. The van der Waals surface area contributed by atoms with E-state index in [1.54, 1.807) is 54.6 Å². The highest BCUT2D eigenvalue weighted by Gasteiger charge is 2.37.